The van der Waals surface area contributed by atoms with Gasteiger partial charge in [0.05, 0.1) is 16.2 Å². The van der Waals surface area contributed by atoms with Crippen LogP contribution in [0.5, 0.6) is 0 Å². The first kappa shape index (κ1) is 30.2. The molecule has 5 aromatic rings. The molecule has 230 valence electrons. The molecule has 10 heteroatoms. The number of amides is 2. The van der Waals surface area contributed by atoms with E-state index in [1.54, 1.807) is 61.5 Å². The number of aliphatic hydroxyl groups excluding tert-OH is 1. The Kier molecular flexibility index (Phi) is 8.51. The van der Waals surface area contributed by atoms with Gasteiger partial charge in [-0.15, -0.1) is 0 Å². The van der Waals surface area contributed by atoms with E-state index < -0.39 is 45.1 Å². The third-order valence-electron chi connectivity index (χ3n) is 8.29. The number of carbonyl (C=O) groups excluding carboxylic acids is 2. The topological polar surface area (TPSA) is 130 Å². The Bertz CT molecular complexity index is 1880. The van der Waals surface area contributed by atoms with Crippen molar-refractivity contribution in [1.82, 2.24) is 15.2 Å². The number of sulfone groups is 1. The van der Waals surface area contributed by atoms with Gasteiger partial charge in [0, 0.05) is 12.1 Å². The number of fused-ring (bicyclic) bond motifs is 1. The minimum absolute atomic E-state index is 0.0609. The Balaban J connectivity index is 1.27. The maximum atomic E-state index is 13.9. The summed E-state index contributed by atoms with van der Waals surface area (Å²) in [5.74, 6) is -0.948. The summed E-state index contributed by atoms with van der Waals surface area (Å²) >= 11 is 0. The van der Waals surface area contributed by atoms with Crippen LogP contribution in [0.3, 0.4) is 0 Å². The van der Waals surface area contributed by atoms with Gasteiger partial charge in [-0.1, -0.05) is 79.7 Å². The molecule has 0 spiro atoms. The van der Waals surface area contributed by atoms with Gasteiger partial charge in [-0.25, -0.2) is 13.4 Å². The van der Waals surface area contributed by atoms with Crippen LogP contribution in [0.4, 0.5) is 0 Å². The average molecular weight is 624 g/mol. The molecule has 1 aliphatic rings. The number of oxazole rings is 1. The van der Waals surface area contributed by atoms with Crippen molar-refractivity contribution in [2.45, 2.75) is 48.1 Å². The summed E-state index contributed by atoms with van der Waals surface area (Å²) in [7, 11) is -3.85. The lowest BCUT2D eigenvalue weighted by Gasteiger charge is -2.27. The van der Waals surface area contributed by atoms with Crippen LogP contribution in [0.15, 0.2) is 119 Å². The third-order valence-corrected chi connectivity index (χ3v) is 10.4. The fourth-order valence-corrected chi connectivity index (χ4v) is 7.49. The van der Waals surface area contributed by atoms with Crippen molar-refractivity contribution >= 4 is 32.8 Å². The number of nitrogens with zero attached hydrogens (tertiary/aromatic N) is 2. The van der Waals surface area contributed by atoms with Crippen molar-refractivity contribution < 1.29 is 27.5 Å². The summed E-state index contributed by atoms with van der Waals surface area (Å²) in [6.45, 7) is 1.64. The zero-order valence-electron chi connectivity index (χ0n) is 24.6. The summed E-state index contributed by atoms with van der Waals surface area (Å²) < 4.78 is 33.0. The Morgan fingerprint density at radius 3 is 2.20 bits per heavy atom. The number of para-hydroxylation sites is 2. The highest BCUT2D eigenvalue weighted by Gasteiger charge is 2.46. The largest absolute Gasteiger partial charge is 0.438 e. The van der Waals surface area contributed by atoms with Crippen LogP contribution in [-0.4, -0.2) is 59.1 Å². The number of carbonyl (C=O) groups is 2. The second-order valence-corrected chi connectivity index (χ2v) is 13.3. The van der Waals surface area contributed by atoms with Gasteiger partial charge in [-0.05, 0) is 60.4 Å². The normalized spacial score (nSPS) is 18.0. The van der Waals surface area contributed by atoms with E-state index in [0.717, 1.165) is 11.1 Å². The Morgan fingerprint density at radius 1 is 0.911 bits per heavy atom. The number of hydrogen-bond donors (Lipinski definition) is 2. The van der Waals surface area contributed by atoms with Gasteiger partial charge >= 0.3 is 0 Å². The molecule has 2 unspecified atom stereocenters. The summed E-state index contributed by atoms with van der Waals surface area (Å²) in [6.07, 6.45) is -1.02. The second-order valence-electron chi connectivity index (χ2n) is 11.1. The molecule has 4 atom stereocenters. The van der Waals surface area contributed by atoms with Crippen LogP contribution in [0.2, 0.25) is 0 Å². The fraction of sp³-hybridized carbons (Fsp3) is 0.229. The molecule has 2 amide bonds. The van der Waals surface area contributed by atoms with E-state index in [9.17, 15) is 23.1 Å². The molecule has 2 heterocycles. The zero-order chi connectivity index (χ0) is 31.6. The summed E-state index contributed by atoms with van der Waals surface area (Å²) in [5.41, 5.74) is 3.34. The van der Waals surface area contributed by atoms with Crippen LogP contribution in [0, 0.1) is 0 Å². The third kappa shape index (κ3) is 6.11. The average Bonchev–Trinajstić information content (AvgIpc) is 3.73. The lowest BCUT2D eigenvalue weighted by molar-refractivity contribution is -0.126. The van der Waals surface area contributed by atoms with Crippen LogP contribution in [-0.2, 0) is 14.6 Å². The summed E-state index contributed by atoms with van der Waals surface area (Å²) in [5, 5.41) is 13.0. The first-order valence-electron chi connectivity index (χ1n) is 14.9. The number of rotatable bonds is 9. The second kappa shape index (κ2) is 12.7. The smallest absolute Gasteiger partial charge is 0.254 e. The summed E-state index contributed by atoms with van der Waals surface area (Å²) in [6, 6.07) is 30.0. The fourth-order valence-electron chi connectivity index (χ4n) is 5.77. The van der Waals surface area contributed by atoms with Gasteiger partial charge in [0.2, 0.25) is 11.8 Å². The minimum atomic E-state index is -3.85. The van der Waals surface area contributed by atoms with E-state index in [4.69, 9.17) is 4.42 Å². The van der Waals surface area contributed by atoms with E-state index in [1.165, 1.54) is 17.0 Å². The van der Waals surface area contributed by atoms with Crippen molar-refractivity contribution in [1.29, 1.82) is 0 Å². The molecule has 1 aliphatic heterocycles. The number of nitrogens with one attached hydrogen (secondary N) is 1. The first-order valence-corrected chi connectivity index (χ1v) is 16.4. The molecule has 0 radical (unpaired) electrons. The number of benzene rings is 4. The maximum absolute atomic E-state index is 13.9. The van der Waals surface area contributed by atoms with E-state index in [-0.39, 0.29) is 23.8 Å². The van der Waals surface area contributed by atoms with Crippen LogP contribution >= 0.6 is 0 Å². The van der Waals surface area contributed by atoms with Crippen molar-refractivity contribution in [3.8, 4) is 11.1 Å². The molecule has 1 aromatic heterocycles. The summed E-state index contributed by atoms with van der Waals surface area (Å²) in [4.78, 5) is 33.6. The molecule has 1 fully saturated rings. The van der Waals surface area contributed by atoms with Gasteiger partial charge in [0.1, 0.15) is 11.6 Å². The zero-order valence-corrected chi connectivity index (χ0v) is 25.4. The van der Waals surface area contributed by atoms with Crippen molar-refractivity contribution in [2.24, 2.45) is 0 Å². The highest BCUT2D eigenvalue weighted by atomic mass is 32.2. The van der Waals surface area contributed by atoms with Gasteiger partial charge in [-0.2, -0.15) is 0 Å². The molecule has 4 aromatic carbocycles. The van der Waals surface area contributed by atoms with Gasteiger partial charge < -0.3 is 19.7 Å². The van der Waals surface area contributed by atoms with Crippen molar-refractivity contribution in [2.75, 3.05) is 6.54 Å². The van der Waals surface area contributed by atoms with E-state index in [0.29, 0.717) is 23.1 Å². The van der Waals surface area contributed by atoms with Crippen molar-refractivity contribution in [3.63, 3.8) is 0 Å². The first-order chi connectivity index (χ1) is 21.8. The predicted octanol–water partition coefficient (Wildman–Crippen LogP) is 5.18. The molecular weight excluding hydrogens is 590 g/mol. The SMILES string of the molecule is CCC(NC(=O)[C@@H]1C[C@@H](S(=O)(=O)c2ccccc2)CN1C(=O)c1ccc(-c2ccccc2)cc1)C(O)c1nc2ccccc2o1. The maximum Gasteiger partial charge on any atom is 0.254 e. The van der Waals surface area contributed by atoms with E-state index in [2.05, 4.69) is 10.3 Å². The van der Waals surface area contributed by atoms with Gasteiger partial charge in [0.25, 0.3) is 5.91 Å². The minimum Gasteiger partial charge on any atom is -0.438 e. The van der Waals surface area contributed by atoms with Gasteiger partial charge in [0.15, 0.2) is 21.5 Å². The molecule has 0 aliphatic carbocycles. The van der Waals surface area contributed by atoms with E-state index >= 15 is 0 Å². The predicted molar refractivity (Wildman–Crippen MR) is 170 cm³/mol. The Hall–Kier alpha value is -4.80. The lowest BCUT2D eigenvalue weighted by atomic mass is 10.0. The number of hydrogen-bond acceptors (Lipinski definition) is 7. The van der Waals surface area contributed by atoms with Crippen LogP contribution < -0.4 is 5.32 Å². The molecule has 0 saturated carbocycles. The number of likely N-dealkylation sites (tertiary alicyclic amines) is 1. The quantitative estimate of drug-likeness (QED) is 0.231. The van der Waals surface area contributed by atoms with Crippen LogP contribution in [0.1, 0.15) is 42.1 Å². The Labute approximate surface area is 261 Å². The number of aromatic nitrogens is 1. The Morgan fingerprint density at radius 2 is 1.53 bits per heavy atom. The van der Waals surface area contributed by atoms with Gasteiger partial charge in [-0.3, -0.25) is 9.59 Å². The lowest BCUT2D eigenvalue weighted by Crippen LogP contribution is -2.50. The van der Waals surface area contributed by atoms with E-state index in [1.807, 2.05) is 42.5 Å². The molecule has 45 heavy (non-hydrogen) atoms. The molecule has 6 rings (SSSR count). The number of aliphatic hydroxyl groups is 1. The molecular formula is C35H33N3O6S. The highest BCUT2D eigenvalue weighted by molar-refractivity contribution is 7.92. The highest BCUT2D eigenvalue weighted by Crippen LogP contribution is 2.31. The molecule has 0 bridgehead atoms. The standard InChI is InChI=1S/C35H33N3O6S/c1-2-28(32(39)34-37-29-15-9-10-16-31(29)44-34)36-33(40)30-21-27(45(42,43)26-13-7-4-8-14-26)22-38(30)35(41)25-19-17-24(18-20-25)23-11-5-3-6-12-23/h3-20,27-28,30,32,39H,2,21-22H2,1H3,(H,36,40)/t27-,28?,30+,32?/m1/s1. The molecule has 1 saturated heterocycles. The van der Waals surface area contributed by atoms with Crippen LogP contribution in [0.25, 0.3) is 22.2 Å². The monoisotopic (exact) mass is 623 g/mol. The van der Waals surface area contributed by atoms with Crippen molar-refractivity contribution in [3.05, 3.63) is 121 Å². The molecule has 9 nitrogen and oxygen atoms in total. The molecule has 2 N–H and O–H groups in total.